The molecular weight excluding hydrogens is 592 g/mol. The zero-order valence-corrected chi connectivity index (χ0v) is 26.8. The summed E-state index contributed by atoms with van der Waals surface area (Å²) in [7, 11) is -2.13. The molecule has 1 aromatic carbocycles. The summed E-state index contributed by atoms with van der Waals surface area (Å²) in [4.78, 5) is 34.5. The molecular formula is C32H36F4N4O3Si. The van der Waals surface area contributed by atoms with E-state index in [4.69, 9.17) is 4.43 Å². The van der Waals surface area contributed by atoms with Crippen LogP contribution in [-0.4, -0.2) is 41.1 Å². The third kappa shape index (κ3) is 7.07. The van der Waals surface area contributed by atoms with Crippen LogP contribution in [0.1, 0.15) is 61.7 Å². The molecule has 4 aromatic rings. The van der Waals surface area contributed by atoms with Crippen molar-refractivity contribution in [3.05, 3.63) is 89.4 Å². The molecule has 0 unspecified atom stereocenters. The molecule has 3 aromatic heterocycles. The number of carbonyl (C=O) groups excluding carboxylic acids is 2. The number of hydrogen-bond acceptors (Lipinski definition) is 5. The molecule has 0 bridgehead atoms. The van der Waals surface area contributed by atoms with E-state index in [2.05, 4.69) is 49.1 Å². The summed E-state index contributed by atoms with van der Waals surface area (Å²) in [5.41, 5.74) is -0.680. The minimum Gasteiger partial charge on any atom is -0.414 e. The molecule has 0 radical (unpaired) electrons. The number of carbonyl (C=O) groups is 2. The number of alkyl halides is 3. The van der Waals surface area contributed by atoms with E-state index in [1.165, 1.54) is 36.8 Å². The van der Waals surface area contributed by atoms with Gasteiger partial charge in [-0.3, -0.25) is 19.6 Å². The van der Waals surface area contributed by atoms with E-state index in [0.29, 0.717) is 5.39 Å². The van der Waals surface area contributed by atoms with Crippen molar-refractivity contribution in [3.8, 4) is 0 Å². The highest BCUT2D eigenvalue weighted by Crippen LogP contribution is 2.38. The maximum atomic E-state index is 15.2. The Bertz CT molecular complexity index is 1710. The van der Waals surface area contributed by atoms with Crippen LogP contribution in [0.15, 0.2) is 61.3 Å². The van der Waals surface area contributed by atoms with Gasteiger partial charge >= 0.3 is 6.18 Å². The van der Waals surface area contributed by atoms with Gasteiger partial charge in [-0.2, -0.15) is 13.2 Å². The Morgan fingerprint density at radius 1 is 0.977 bits per heavy atom. The molecule has 0 aliphatic rings. The van der Waals surface area contributed by atoms with Crippen LogP contribution < -0.4 is 5.32 Å². The number of amides is 1. The minimum absolute atomic E-state index is 0.0291. The number of nitrogens with zero attached hydrogens (tertiary/aromatic N) is 3. The highest BCUT2D eigenvalue weighted by atomic mass is 28.4. The summed E-state index contributed by atoms with van der Waals surface area (Å²) in [6.07, 6.45) is 1.93. The number of benzene rings is 1. The van der Waals surface area contributed by atoms with Crippen LogP contribution in [0.25, 0.3) is 10.9 Å². The summed E-state index contributed by atoms with van der Waals surface area (Å²) in [5, 5.41) is 2.87. The molecule has 0 aliphatic carbocycles. The van der Waals surface area contributed by atoms with Gasteiger partial charge in [-0.15, -0.1) is 0 Å². The number of aromatic nitrogens is 3. The van der Waals surface area contributed by atoms with Gasteiger partial charge < -0.3 is 14.3 Å². The van der Waals surface area contributed by atoms with E-state index >= 15 is 4.39 Å². The predicted octanol–water partition coefficient (Wildman–Crippen LogP) is 7.76. The average Bonchev–Trinajstić information content (AvgIpc) is 3.33. The Morgan fingerprint density at radius 3 is 2.32 bits per heavy atom. The maximum absolute atomic E-state index is 15.2. The molecule has 0 saturated carbocycles. The molecule has 0 aliphatic heterocycles. The van der Waals surface area contributed by atoms with Crippen molar-refractivity contribution >= 4 is 36.6 Å². The second-order valence-electron chi connectivity index (χ2n) is 13.0. The van der Waals surface area contributed by atoms with Crippen molar-refractivity contribution in [2.45, 2.75) is 70.9 Å². The lowest BCUT2D eigenvalue weighted by Gasteiger charge is -2.39. The minimum atomic E-state index is -4.53. The first-order valence-electron chi connectivity index (χ1n) is 14.0. The fraction of sp³-hybridized carbons (Fsp3) is 0.375. The summed E-state index contributed by atoms with van der Waals surface area (Å²) < 4.78 is 62.6. The summed E-state index contributed by atoms with van der Waals surface area (Å²) >= 11 is 0. The summed E-state index contributed by atoms with van der Waals surface area (Å²) in [6.45, 7) is 14.8. The lowest BCUT2D eigenvalue weighted by atomic mass is 10.0. The van der Waals surface area contributed by atoms with E-state index in [1.54, 1.807) is 10.8 Å². The zero-order valence-electron chi connectivity index (χ0n) is 25.8. The van der Waals surface area contributed by atoms with Crippen molar-refractivity contribution in [1.29, 1.82) is 0 Å². The Morgan fingerprint density at radius 2 is 1.66 bits per heavy atom. The monoisotopic (exact) mass is 628 g/mol. The highest BCUT2D eigenvalue weighted by molar-refractivity contribution is 6.74. The Labute approximate surface area is 254 Å². The molecule has 1 amide bonds. The van der Waals surface area contributed by atoms with E-state index in [0.717, 1.165) is 18.3 Å². The average molecular weight is 629 g/mol. The van der Waals surface area contributed by atoms with Crippen molar-refractivity contribution in [2.75, 3.05) is 11.9 Å². The quantitative estimate of drug-likeness (QED) is 0.116. The third-order valence-corrected chi connectivity index (χ3v) is 12.5. The van der Waals surface area contributed by atoms with Crippen LogP contribution in [0.2, 0.25) is 18.1 Å². The van der Waals surface area contributed by atoms with Crippen LogP contribution >= 0.6 is 0 Å². The lowest BCUT2D eigenvalue weighted by Crippen LogP contribution is -2.45. The van der Waals surface area contributed by atoms with Gasteiger partial charge in [0.15, 0.2) is 19.9 Å². The van der Waals surface area contributed by atoms with Crippen LogP contribution in [0, 0.1) is 5.82 Å². The molecule has 0 atom stereocenters. The van der Waals surface area contributed by atoms with Crippen molar-refractivity contribution in [3.63, 3.8) is 0 Å². The number of anilines is 1. The molecule has 12 heteroatoms. The lowest BCUT2D eigenvalue weighted by molar-refractivity contribution is -0.137. The molecule has 0 saturated heterocycles. The summed E-state index contributed by atoms with van der Waals surface area (Å²) in [6, 6.07) is 5.93. The van der Waals surface area contributed by atoms with Crippen molar-refractivity contribution in [2.24, 2.45) is 0 Å². The zero-order chi connectivity index (χ0) is 32.7. The molecule has 7 nitrogen and oxygen atoms in total. The standard InChI is InChI=1S/C32H36F4N4O3Si/c1-30(2,3)44(6,7)43-19-31(4,5)40-18-25(24-16-38-17-26(33)28(24)40)29(42)21-13-23(15-37-14-21)39-27(41)12-20-9-8-10-22(11-20)32(34,35)36/h8-11,13-18H,12,19H2,1-7H3,(H,39,41). The van der Waals surface area contributed by atoms with Gasteiger partial charge in [0.05, 0.1) is 47.7 Å². The number of fused-ring (bicyclic) bond motifs is 1. The number of rotatable bonds is 9. The Hall–Kier alpha value is -3.90. The third-order valence-electron chi connectivity index (χ3n) is 8.05. The van der Waals surface area contributed by atoms with Crippen molar-refractivity contribution in [1.82, 2.24) is 14.5 Å². The van der Waals surface area contributed by atoms with Gasteiger partial charge in [0.25, 0.3) is 0 Å². The molecule has 3 heterocycles. The van der Waals surface area contributed by atoms with Crippen LogP contribution in [0.5, 0.6) is 0 Å². The van der Waals surface area contributed by atoms with E-state index in [1.807, 2.05) is 13.8 Å². The molecule has 1 N–H and O–H groups in total. The van der Waals surface area contributed by atoms with Gasteiger partial charge in [-0.05, 0) is 49.7 Å². The second kappa shape index (κ2) is 11.9. The number of hydrogen-bond donors (Lipinski definition) is 1. The SMILES string of the molecule is CC(C)(CO[Si](C)(C)C(C)(C)C)n1cc(C(=O)c2cncc(NC(=O)Cc3cccc(C(F)(F)F)c3)c2)c2cncc(F)c21. The van der Waals surface area contributed by atoms with Gasteiger partial charge in [-0.25, -0.2) is 4.39 Å². The fourth-order valence-electron chi connectivity index (χ4n) is 4.47. The van der Waals surface area contributed by atoms with E-state index < -0.39 is 43.1 Å². The van der Waals surface area contributed by atoms with Crippen LogP contribution in [-0.2, 0) is 27.4 Å². The van der Waals surface area contributed by atoms with Gasteiger partial charge in [0, 0.05) is 35.1 Å². The van der Waals surface area contributed by atoms with Crippen LogP contribution in [0.4, 0.5) is 23.2 Å². The van der Waals surface area contributed by atoms with E-state index in [9.17, 15) is 22.8 Å². The maximum Gasteiger partial charge on any atom is 0.416 e. The van der Waals surface area contributed by atoms with Gasteiger partial charge in [0.1, 0.15) is 0 Å². The largest absolute Gasteiger partial charge is 0.416 e. The van der Waals surface area contributed by atoms with E-state index in [-0.39, 0.29) is 46.0 Å². The second-order valence-corrected chi connectivity index (χ2v) is 17.8. The molecule has 44 heavy (non-hydrogen) atoms. The first-order valence-corrected chi connectivity index (χ1v) is 17.0. The molecule has 0 spiro atoms. The number of nitrogens with one attached hydrogen (secondary N) is 1. The van der Waals surface area contributed by atoms with Crippen molar-refractivity contribution < 1.29 is 31.6 Å². The Balaban J connectivity index is 1.60. The molecule has 4 rings (SSSR count). The van der Waals surface area contributed by atoms with Crippen LogP contribution in [0.3, 0.4) is 0 Å². The highest BCUT2D eigenvalue weighted by Gasteiger charge is 2.39. The first kappa shape index (κ1) is 33.0. The number of pyridine rings is 2. The molecule has 0 fully saturated rings. The van der Waals surface area contributed by atoms with Gasteiger partial charge in [0.2, 0.25) is 5.91 Å². The topological polar surface area (TPSA) is 86.1 Å². The molecule has 234 valence electrons. The Kier molecular flexibility index (Phi) is 8.91. The predicted molar refractivity (Wildman–Crippen MR) is 164 cm³/mol. The van der Waals surface area contributed by atoms with Gasteiger partial charge in [-0.1, -0.05) is 39.0 Å². The number of ketones is 1. The smallest absolute Gasteiger partial charge is 0.414 e. The first-order chi connectivity index (χ1) is 20.3. The summed E-state index contributed by atoms with van der Waals surface area (Å²) in [5.74, 6) is -1.64. The number of halogens is 4. The normalized spacial score (nSPS) is 12.9. The fourth-order valence-corrected chi connectivity index (χ4v) is 5.62.